The van der Waals surface area contributed by atoms with Crippen molar-refractivity contribution in [1.82, 2.24) is 10.6 Å². The molecule has 1 aliphatic heterocycles. The van der Waals surface area contributed by atoms with Crippen LogP contribution in [0.4, 0.5) is 0 Å². The van der Waals surface area contributed by atoms with Crippen molar-refractivity contribution in [2.75, 3.05) is 0 Å². The molecule has 2 aromatic rings. The highest BCUT2D eigenvalue weighted by Crippen LogP contribution is 2.16. The van der Waals surface area contributed by atoms with Crippen LogP contribution in [0.3, 0.4) is 0 Å². The standard InChI is InChI=1S/C15H16N2OS/c18-15(17-8-11-5-6-19-10-11)14-7-12-3-1-2-4-13(12)9-16-14/h1-6,10,14,16H,7-9H2,(H,17,18)/t14-/m0/s1. The molecule has 0 unspecified atom stereocenters. The van der Waals surface area contributed by atoms with E-state index in [0.29, 0.717) is 6.54 Å². The zero-order valence-corrected chi connectivity index (χ0v) is 11.4. The van der Waals surface area contributed by atoms with Crippen molar-refractivity contribution in [3.05, 3.63) is 57.8 Å². The number of rotatable bonds is 3. The van der Waals surface area contributed by atoms with Crippen molar-refractivity contribution < 1.29 is 4.79 Å². The fraction of sp³-hybridized carbons (Fsp3) is 0.267. The highest BCUT2D eigenvalue weighted by Gasteiger charge is 2.23. The minimum absolute atomic E-state index is 0.0840. The van der Waals surface area contributed by atoms with E-state index in [4.69, 9.17) is 0 Å². The van der Waals surface area contributed by atoms with Gasteiger partial charge < -0.3 is 10.6 Å². The Morgan fingerprint density at radius 1 is 1.32 bits per heavy atom. The lowest BCUT2D eigenvalue weighted by molar-refractivity contribution is -0.123. The van der Waals surface area contributed by atoms with E-state index in [1.807, 2.05) is 23.6 Å². The molecule has 3 nitrogen and oxygen atoms in total. The molecule has 1 aliphatic rings. The molecule has 3 rings (SSSR count). The highest BCUT2D eigenvalue weighted by molar-refractivity contribution is 7.07. The first-order valence-electron chi connectivity index (χ1n) is 6.42. The van der Waals surface area contributed by atoms with Crippen molar-refractivity contribution in [3.63, 3.8) is 0 Å². The maximum atomic E-state index is 12.1. The molecule has 98 valence electrons. The Morgan fingerprint density at radius 2 is 2.16 bits per heavy atom. The number of thiophene rings is 1. The van der Waals surface area contributed by atoms with Gasteiger partial charge in [-0.05, 0) is 39.9 Å². The fourth-order valence-corrected chi connectivity index (χ4v) is 3.01. The Balaban J connectivity index is 1.60. The number of hydrogen-bond acceptors (Lipinski definition) is 3. The summed E-state index contributed by atoms with van der Waals surface area (Å²) in [5.41, 5.74) is 3.73. The van der Waals surface area contributed by atoms with Gasteiger partial charge in [0.2, 0.25) is 5.91 Å². The predicted octanol–water partition coefficient (Wildman–Crippen LogP) is 2.08. The Kier molecular flexibility index (Phi) is 3.62. The van der Waals surface area contributed by atoms with Gasteiger partial charge in [0.05, 0.1) is 6.04 Å². The zero-order chi connectivity index (χ0) is 13.1. The smallest absolute Gasteiger partial charge is 0.237 e. The molecule has 0 aliphatic carbocycles. The van der Waals surface area contributed by atoms with Gasteiger partial charge in [-0.3, -0.25) is 4.79 Å². The molecule has 2 N–H and O–H groups in total. The first kappa shape index (κ1) is 12.4. The lowest BCUT2D eigenvalue weighted by atomic mass is 9.95. The van der Waals surface area contributed by atoms with E-state index in [1.54, 1.807) is 11.3 Å². The number of benzene rings is 1. The summed E-state index contributed by atoms with van der Waals surface area (Å²) in [6.45, 7) is 1.38. The third-order valence-electron chi connectivity index (χ3n) is 3.44. The van der Waals surface area contributed by atoms with E-state index < -0.39 is 0 Å². The summed E-state index contributed by atoms with van der Waals surface area (Å²) in [4.78, 5) is 12.1. The second kappa shape index (κ2) is 5.55. The first-order chi connectivity index (χ1) is 9.33. The van der Waals surface area contributed by atoms with E-state index in [-0.39, 0.29) is 11.9 Å². The van der Waals surface area contributed by atoms with Crippen LogP contribution in [-0.2, 0) is 24.3 Å². The minimum atomic E-state index is -0.117. The molecule has 19 heavy (non-hydrogen) atoms. The second-order valence-corrected chi connectivity index (χ2v) is 5.54. The summed E-state index contributed by atoms with van der Waals surface area (Å²) in [6, 6.07) is 10.2. The molecule has 0 saturated carbocycles. The van der Waals surface area contributed by atoms with Crippen LogP contribution >= 0.6 is 11.3 Å². The highest BCUT2D eigenvalue weighted by atomic mass is 32.1. The lowest BCUT2D eigenvalue weighted by Crippen LogP contribution is -2.47. The van der Waals surface area contributed by atoms with E-state index in [0.717, 1.165) is 18.5 Å². The quantitative estimate of drug-likeness (QED) is 0.898. The van der Waals surface area contributed by atoms with Crippen molar-refractivity contribution in [3.8, 4) is 0 Å². The number of nitrogens with one attached hydrogen (secondary N) is 2. The van der Waals surface area contributed by atoms with Gasteiger partial charge in [-0.1, -0.05) is 24.3 Å². The van der Waals surface area contributed by atoms with E-state index in [1.165, 1.54) is 11.1 Å². The molecule has 0 saturated heterocycles. The molecule has 1 aromatic carbocycles. The molecule has 1 amide bonds. The fourth-order valence-electron chi connectivity index (χ4n) is 2.35. The van der Waals surface area contributed by atoms with Crippen molar-refractivity contribution in [2.45, 2.75) is 25.6 Å². The van der Waals surface area contributed by atoms with Gasteiger partial charge in [-0.2, -0.15) is 11.3 Å². The summed E-state index contributed by atoms with van der Waals surface area (Å²) < 4.78 is 0. The van der Waals surface area contributed by atoms with Gasteiger partial charge in [-0.25, -0.2) is 0 Å². The lowest BCUT2D eigenvalue weighted by Gasteiger charge is -2.25. The molecular weight excluding hydrogens is 256 g/mol. The van der Waals surface area contributed by atoms with Crippen LogP contribution in [0.25, 0.3) is 0 Å². The van der Waals surface area contributed by atoms with Gasteiger partial charge >= 0.3 is 0 Å². The Bertz CT molecular complexity index is 565. The van der Waals surface area contributed by atoms with Crippen LogP contribution in [-0.4, -0.2) is 11.9 Å². The topological polar surface area (TPSA) is 41.1 Å². The molecule has 0 fully saturated rings. The SMILES string of the molecule is O=C(NCc1ccsc1)[C@@H]1Cc2ccccc2CN1. The molecule has 4 heteroatoms. The number of carbonyl (C=O) groups is 1. The second-order valence-electron chi connectivity index (χ2n) is 4.76. The monoisotopic (exact) mass is 272 g/mol. The molecule has 1 atom stereocenters. The predicted molar refractivity (Wildman–Crippen MR) is 76.9 cm³/mol. The summed E-state index contributed by atoms with van der Waals surface area (Å²) >= 11 is 1.65. The zero-order valence-electron chi connectivity index (χ0n) is 10.6. The number of fused-ring (bicyclic) bond motifs is 1. The molecule has 0 bridgehead atoms. The first-order valence-corrected chi connectivity index (χ1v) is 7.36. The summed E-state index contributed by atoms with van der Waals surface area (Å²) in [5.74, 6) is 0.0840. The van der Waals surface area contributed by atoms with Crippen molar-refractivity contribution >= 4 is 17.2 Å². The summed E-state index contributed by atoms with van der Waals surface area (Å²) in [7, 11) is 0. The molecule has 1 aromatic heterocycles. The van der Waals surface area contributed by atoms with Crippen LogP contribution in [0.5, 0.6) is 0 Å². The van der Waals surface area contributed by atoms with E-state index >= 15 is 0 Å². The maximum absolute atomic E-state index is 12.1. The number of amides is 1. The van der Waals surface area contributed by atoms with Crippen molar-refractivity contribution in [2.24, 2.45) is 0 Å². The van der Waals surface area contributed by atoms with Gasteiger partial charge in [0.15, 0.2) is 0 Å². The van der Waals surface area contributed by atoms with E-state index in [2.05, 4.69) is 28.1 Å². The van der Waals surface area contributed by atoms with E-state index in [9.17, 15) is 4.79 Å². The molecular formula is C15H16N2OS. The molecule has 0 spiro atoms. The maximum Gasteiger partial charge on any atom is 0.237 e. The van der Waals surface area contributed by atoms with Gasteiger partial charge in [0.25, 0.3) is 0 Å². The van der Waals surface area contributed by atoms with Crippen LogP contribution in [0.15, 0.2) is 41.1 Å². The minimum Gasteiger partial charge on any atom is -0.351 e. The Labute approximate surface area is 116 Å². The third-order valence-corrected chi connectivity index (χ3v) is 4.18. The normalized spacial score (nSPS) is 17.8. The largest absolute Gasteiger partial charge is 0.351 e. The van der Waals surface area contributed by atoms with Crippen LogP contribution in [0.1, 0.15) is 16.7 Å². The molecule has 0 radical (unpaired) electrons. The summed E-state index contributed by atoms with van der Waals surface area (Å²) in [6.07, 6.45) is 0.769. The van der Waals surface area contributed by atoms with Crippen LogP contribution in [0.2, 0.25) is 0 Å². The van der Waals surface area contributed by atoms with Gasteiger partial charge in [-0.15, -0.1) is 0 Å². The summed E-state index contributed by atoms with van der Waals surface area (Å²) in [5, 5.41) is 10.4. The Morgan fingerprint density at radius 3 is 2.95 bits per heavy atom. The van der Waals surface area contributed by atoms with Crippen molar-refractivity contribution in [1.29, 1.82) is 0 Å². The van der Waals surface area contributed by atoms with Crippen LogP contribution < -0.4 is 10.6 Å². The Hall–Kier alpha value is -1.65. The van der Waals surface area contributed by atoms with Gasteiger partial charge in [0.1, 0.15) is 0 Å². The third kappa shape index (κ3) is 2.85. The average molecular weight is 272 g/mol. The van der Waals surface area contributed by atoms with Crippen LogP contribution in [0, 0.1) is 0 Å². The number of hydrogen-bond donors (Lipinski definition) is 2. The molecule has 2 heterocycles. The average Bonchev–Trinajstić information content (AvgIpc) is 2.97. The van der Waals surface area contributed by atoms with Gasteiger partial charge in [0, 0.05) is 13.1 Å². The number of carbonyl (C=O) groups excluding carboxylic acids is 1.